The molecule has 3 nitrogen and oxygen atoms in total. The van der Waals surface area contributed by atoms with Crippen LogP contribution in [0.3, 0.4) is 0 Å². The lowest BCUT2D eigenvalue weighted by Crippen LogP contribution is -2.33. The zero-order valence-corrected chi connectivity index (χ0v) is 8.33. The van der Waals surface area contributed by atoms with Gasteiger partial charge in [-0.1, -0.05) is 0 Å². The summed E-state index contributed by atoms with van der Waals surface area (Å²) in [5.41, 5.74) is 7.31. The van der Waals surface area contributed by atoms with Crippen molar-refractivity contribution in [3.63, 3.8) is 0 Å². The van der Waals surface area contributed by atoms with Gasteiger partial charge in [0.15, 0.2) is 0 Å². The largest absolute Gasteiger partial charge is 0.328 e. The first kappa shape index (κ1) is 8.75. The smallest absolute Gasteiger partial charge is 0.106 e. The number of imidazole rings is 1. The summed E-state index contributed by atoms with van der Waals surface area (Å²) in [4.78, 5) is 4.34. The minimum atomic E-state index is 0.229. The Balaban J connectivity index is 2.40. The molecule has 0 bridgehead atoms. The van der Waals surface area contributed by atoms with Gasteiger partial charge in [0.05, 0.1) is 0 Å². The fourth-order valence-corrected chi connectivity index (χ4v) is 2.26. The zero-order chi connectivity index (χ0) is 9.42. The fraction of sp³-hybridized carbons (Fsp3) is 0.700. The molecule has 1 aromatic rings. The Bertz CT molecular complexity index is 301. The van der Waals surface area contributed by atoms with Crippen LogP contribution in [0.15, 0.2) is 6.20 Å². The third-order valence-corrected chi connectivity index (χ3v) is 2.93. The average Bonchev–Trinajstić information content (AvgIpc) is 2.48. The van der Waals surface area contributed by atoms with E-state index in [1.165, 1.54) is 18.5 Å². The SMILES string of the molecule is Cc1ncc2n1C(C(C)N)CCC2. The first-order valence-corrected chi connectivity index (χ1v) is 4.98. The number of hydrogen-bond acceptors (Lipinski definition) is 2. The van der Waals surface area contributed by atoms with Crippen LogP contribution in [-0.4, -0.2) is 15.6 Å². The summed E-state index contributed by atoms with van der Waals surface area (Å²) < 4.78 is 2.31. The van der Waals surface area contributed by atoms with E-state index in [1.807, 2.05) is 6.20 Å². The molecule has 0 saturated carbocycles. The van der Waals surface area contributed by atoms with Gasteiger partial charge in [0.1, 0.15) is 5.82 Å². The van der Waals surface area contributed by atoms with Crippen LogP contribution in [0.25, 0.3) is 0 Å². The van der Waals surface area contributed by atoms with Crippen LogP contribution in [0.4, 0.5) is 0 Å². The van der Waals surface area contributed by atoms with Crippen molar-refractivity contribution in [1.29, 1.82) is 0 Å². The van der Waals surface area contributed by atoms with Crippen molar-refractivity contribution in [1.82, 2.24) is 9.55 Å². The fourth-order valence-electron chi connectivity index (χ4n) is 2.26. The Morgan fingerprint density at radius 2 is 2.46 bits per heavy atom. The number of nitrogens with zero attached hydrogens (tertiary/aromatic N) is 2. The van der Waals surface area contributed by atoms with Gasteiger partial charge < -0.3 is 10.3 Å². The van der Waals surface area contributed by atoms with Gasteiger partial charge in [-0.05, 0) is 33.1 Å². The Morgan fingerprint density at radius 1 is 1.69 bits per heavy atom. The van der Waals surface area contributed by atoms with Crippen molar-refractivity contribution in [3.8, 4) is 0 Å². The second kappa shape index (κ2) is 3.14. The van der Waals surface area contributed by atoms with E-state index < -0.39 is 0 Å². The number of fused-ring (bicyclic) bond motifs is 1. The maximum absolute atomic E-state index is 5.96. The van der Waals surface area contributed by atoms with Crippen molar-refractivity contribution >= 4 is 0 Å². The van der Waals surface area contributed by atoms with Gasteiger partial charge in [0.2, 0.25) is 0 Å². The van der Waals surface area contributed by atoms with E-state index >= 15 is 0 Å². The van der Waals surface area contributed by atoms with Crippen LogP contribution in [0.1, 0.15) is 37.3 Å². The van der Waals surface area contributed by atoms with Crippen LogP contribution in [-0.2, 0) is 6.42 Å². The molecule has 0 aromatic carbocycles. The van der Waals surface area contributed by atoms with E-state index in [9.17, 15) is 0 Å². The lowest BCUT2D eigenvalue weighted by molar-refractivity contribution is 0.348. The quantitative estimate of drug-likeness (QED) is 0.708. The van der Waals surface area contributed by atoms with Gasteiger partial charge in [0.25, 0.3) is 0 Å². The summed E-state index contributed by atoms with van der Waals surface area (Å²) in [6, 6.07) is 0.693. The molecule has 1 aliphatic heterocycles. The monoisotopic (exact) mass is 179 g/mol. The van der Waals surface area contributed by atoms with Gasteiger partial charge in [0, 0.05) is 24.0 Å². The summed E-state index contributed by atoms with van der Waals surface area (Å²) in [6.07, 6.45) is 5.59. The molecule has 1 aliphatic rings. The molecule has 0 saturated heterocycles. The van der Waals surface area contributed by atoms with Crippen LogP contribution < -0.4 is 5.73 Å². The summed E-state index contributed by atoms with van der Waals surface area (Å²) in [6.45, 7) is 4.14. The molecule has 0 amide bonds. The molecule has 3 heteroatoms. The molecule has 2 heterocycles. The summed E-state index contributed by atoms with van der Waals surface area (Å²) >= 11 is 0. The van der Waals surface area contributed by atoms with Gasteiger partial charge >= 0.3 is 0 Å². The standard InChI is InChI=1S/C10H17N3/c1-7(11)10-5-3-4-9-6-12-8(2)13(9)10/h6-7,10H,3-5,11H2,1-2H3. The van der Waals surface area contributed by atoms with Crippen LogP contribution in [0, 0.1) is 6.92 Å². The van der Waals surface area contributed by atoms with E-state index in [4.69, 9.17) is 5.73 Å². The molecule has 2 N–H and O–H groups in total. The van der Waals surface area contributed by atoms with Crippen molar-refractivity contribution in [2.45, 2.75) is 45.2 Å². The molecule has 13 heavy (non-hydrogen) atoms. The topological polar surface area (TPSA) is 43.8 Å². The van der Waals surface area contributed by atoms with E-state index in [2.05, 4.69) is 23.4 Å². The summed E-state index contributed by atoms with van der Waals surface area (Å²) in [7, 11) is 0. The molecule has 2 atom stereocenters. The predicted octanol–water partition coefficient (Wildman–Crippen LogP) is 1.42. The normalized spacial score (nSPS) is 24.1. The Hall–Kier alpha value is -0.830. The van der Waals surface area contributed by atoms with Crippen LogP contribution >= 0.6 is 0 Å². The molecule has 1 aromatic heterocycles. The Labute approximate surface area is 79.0 Å². The van der Waals surface area contributed by atoms with Crippen LogP contribution in [0.2, 0.25) is 0 Å². The van der Waals surface area contributed by atoms with Crippen molar-refractivity contribution in [2.24, 2.45) is 5.73 Å². The molecule has 2 unspecified atom stereocenters. The van der Waals surface area contributed by atoms with Gasteiger partial charge in [-0.15, -0.1) is 0 Å². The number of aromatic nitrogens is 2. The molecule has 0 aliphatic carbocycles. The zero-order valence-electron chi connectivity index (χ0n) is 8.33. The van der Waals surface area contributed by atoms with E-state index in [1.54, 1.807) is 0 Å². The van der Waals surface area contributed by atoms with Crippen molar-refractivity contribution in [2.75, 3.05) is 0 Å². The highest BCUT2D eigenvalue weighted by Gasteiger charge is 2.23. The average molecular weight is 179 g/mol. The third kappa shape index (κ3) is 1.37. The first-order chi connectivity index (χ1) is 6.20. The lowest BCUT2D eigenvalue weighted by Gasteiger charge is -2.29. The maximum atomic E-state index is 5.96. The van der Waals surface area contributed by atoms with Crippen molar-refractivity contribution in [3.05, 3.63) is 17.7 Å². The summed E-state index contributed by atoms with van der Waals surface area (Å²) in [5, 5.41) is 0. The Kier molecular flexibility index (Phi) is 2.12. The molecular weight excluding hydrogens is 162 g/mol. The first-order valence-electron chi connectivity index (χ1n) is 4.98. The lowest BCUT2D eigenvalue weighted by atomic mass is 9.98. The highest BCUT2D eigenvalue weighted by atomic mass is 15.1. The predicted molar refractivity (Wildman–Crippen MR) is 52.6 cm³/mol. The van der Waals surface area contributed by atoms with Gasteiger partial charge in [-0.2, -0.15) is 0 Å². The van der Waals surface area contributed by atoms with Crippen LogP contribution in [0.5, 0.6) is 0 Å². The third-order valence-electron chi connectivity index (χ3n) is 2.93. The second-order valence-corrected chi connectivity index (χ2v) is 3.99. The van der Waals surface area contributed by atoms with E-state index in [0.29, 0.717) is 6.04 Å². The maximum Gasteiger partial charge on any atom is 0.106 e. The number of hydrogen-bond donors (Lipinski definition) is 1. The van der Waals surface area contributed by atoms with Gasteiger partial charge in [-0.3, -0.25) is 0 Å². The molecular formula is C10H17N3. The molecule has 0 radical (unpaired) electrons. The number of rotatable bonds is 1. The number of nitrogens with two attached hydrogens (primary N) is 1. The molecule has 72 valence electrons. The van der Waals surface area contributed by atoms with Gasteiger partial charge in [-0.25, -0.2) is 4.98 Å². The van der Waals surface area contributed by atoms with E-state index in [0.717, 1.165) is 12.2 Å². The molecule has 2 rings (SSSR count). The minimum Gasteiger partial charge on any atom is -0.328 e. The molecule has 0 spiro atoms. The summed E-state index contributed by atoms with van der Waals surface area (Å²) in [5.74, 6) is 1.11. The Morgan fingerprint density at radius 3 is 3.15 bits per heavy atom. The highest BCUT2D eigenvalue weighted by molar-refractivity contribution is 5.10. The minimum absolute atomic E-state index is 0.229. The number of aryl methyl sites for hydroxylation is 2. The second-order valence-electron chi connectivity index (χ2n) is 3.99. The highest BCUT2D eigenvalue weighted by Crippen LogP contribution is 2.27. The van der Waals surface area contributed by atoms with Crippen molar-refractivity contribution < 1.29 is 0 Å². The molecule has 0 fully saturated rings. The van der Waals surface area contributed by atoms with E-state index in [-0.39, 0.29) is 6.04 Å².